The molecule has 1 aliphatic rings. The van der Waals surface area contributed by atoms with E-state index in [0.717, 1.165) is 17.1 Å². The lowest BCUT2D eigenvalue weighted by Gasteiger charge is -2.35. The highest BCUT2D eigenvalue weighted by molar-refractivity contribution is 7.81. The molecule has 1 saturated heterocycles. The molecule has 1 aliphatic heterocycles. The summed E-state index contributed by atoms with van der Waals surface area (Å²) >= 11 is 5.68. The van der Waals surface area contributed by atoms with Crippen LogP contribution in [0.15, 0.2) is 30.3 Å². The van der Waals surface area contributed by atoms with E-state index in [-0.39, 0.29) is 23.6 Å². The normalized spacial score (nSPS) is 18.0. The molecular weight excluding hydrogens is 458 g/mol. The van der Waals surface area contributed by atoms with Gasteiger partial charge in [-0.05, 0) is 33.1 Å². The Bertz CT molecular complexity index is 989. The van der Waals surface area contributed by atoms with Gasteiger partial charge >= 0.3 is 0 Å². The molecule has 10 heteroatoms. The number of nitrogens with zero attached hydrogens (tertiary/aromatic N) is 3. The summed E-state index contributed by atoms with van der Waals surface area (Å²) in [7, 11) is 0. The topological polar surface area (TPSA) is 104 Å². The molecule has 3 atom stereocenters. The minimum Gasteiger partial charge on any atom is -0.343 e. The van der Waals surface area contributed by atoms with Crippen molar-refractivity contribution in [1.29, 1.82) is 0 Å². The van der Waals surface area contributed by atoms with Crippen LogP contribution in [0.3, 0.4) is 0 Å². The smallest absolute Gasteiger partial charge is 0.247 e. The number of benzene rings is 1. The van der Waals surface area contributed by atoms with Gasteiger partial charge in [-0.25, -0.2) is 0 Å². The van der Waals surface area contributed by atoms with Crippen molar-refractivity contribution in [2.75, 3.05) is 11.9 Å². The number of carbonyl (C=O) groups excluding carboxylic acids is 3. The predicted octanol–water partition coefficient (Wildman–Crippen LogP) is 3.37. The second-order valence-electron chi connectivity index (χ2n) is 8.90. The first-order valence-corrected chi connectivity index (χ1v) is 12.4. The number of thiol groups is 1. The van der Waals surface area contributed by atoms with Gasteiger partial charge in [0.15, 0.2) is 0 Å². The highest BCUT2D eigenvalue weighted by atomic mass is 32.1. The Morgan fingerprint density at radius 3 is 2.61 bits per heavy atom. The molecule has 1 fully saturated rings. The Labute approximate surface area is 204 Å². The van der Waals surface area contributed by atoms with E-state index in [1.807, 2.05) is 44.2 Å². The molecule has 8 nitrogen and oxygen atoms in total. The summed E-state index contributed by atoms with van der Waals surface area (Å²) in [6.07, 6.45) is 1.92. The Hall–Kier alpha value is -2.46. The molecule has 3 rings (SSSR count). The third-order valence-electron chi connectivity index (χ3n) is 5.91. The fraction of sp³-hybridized carbons (Fsp3) is 0.522. The average Bonchev–Trinajstić information content (AvgIpc) is 3.45. The monoisotopic (exact) mass is 489 g/mol. The summed E-state index contributed by atoms with van der Waals surface area (Å²) in [5, 5.41) is 10.5. The Kier molecular flexibility index (Phi) is 8.12. The summed E-state index contributed by atoms with van der Waals surface area (Å²) in [5.41, 5.74) is 1.45. The second kappa shape index (κ2) is 10.6. The van der Waals surface area contributed by atoms with Gasteiger partial charge in [-0.2, -0.15) is 12.6 Å². The van der Waals surface area contributed by atoms with E-state index in [4.69, 9.17) is 0 Å². The highest BCUT2D eigenvalue weighted by Crippen LogP contribution is 2.30. The van der Waals surface area contributed by atoms with E-state index in [0.29, 0.717) is 36.5 Å². The number of anilines is 1. The SMILES string of the molecule is CC[C@@H](C)C(=O)N[C@H](C(=O)N1CCC[C@H]1C(=O)Nc1snnc1-c1ccccc1)C(C)(C)S. The van der Waals surface area contributed by atoms with Gasteiger partial charge in [-0.15, -0.1) is 5.10 Å². The van der Waals surface area contributed by atoms with Gasteiger partial charge in [0, 0.05) is 34.3 Å². The van der Waals surface area contributed by atoms with Crippen LogP contribution in [0.4, 0.5) is 5.00 Å². The number of hydrogen-bond acceptors (Lipinski definition) is 7. The minimum atomic E-state index is -0.847. The van der Waals surface area contributed by atoms with E-state index in [1.54, 1.807) is 18.7 Å². The number of rotatable bonds is 8. The highest BCUT2D eigenvalue weighted by Gasteiger charge is 2.42. The fourth-order valence-corrected chi connectivity index (χ4v) is 4.50. The second-order valence-corrected chi connectivity index (χ2v) is 10.8. The molecule has 3 amide bonds. The molecule has 2 heterocycles. The van der Waals surface area contributed by atoms with Crippen molar-refractivity contribution in [3.05, 3.63) is 30.3 Å². The summed E-state index contributed by atoms with van der Waals surface area (Å²) in [4.78, 5) is 40.8. The summed E-state index contributed by atoms with van der Waals surface area (Å²) in [6.45, 7) is 7.77. The summed E-state index contributed by atoms with van der Waals surface area (Å²) < 4.78 is 3.19. The van der Waals surface area contributed by atoms with Gasteiger partial charge < -0.3 is 15.5 Å². The Morgan fingerprint density at radius 2 is 1.97 bits per heavy atom. The first-order chi connectivity index (χ1) is 15.6. The van der Waals surface area contributed by atoms with Crippen LogP contribution in [0.25, 0.3) is 11.3 Å². The quantitative estimate of drug-likeness (QED) is 0.493. The van der Waals surface area contributed by atoms with E-state index >= 15 is 0 Å². The van der Waals surface area contributed by atoms with E-state index in [1.165, 1.54) is 0 Å². The molecule has 0 unspecified atom stereocenters. The largest absolute Gasteiger partial charge is 0.343 e. The van der Waals surface area contributed by atoms with Crippen molar-refractivity contribution in [2.45, 2.75) is 63.8 Å². The predicted molar refractivity (Wildman–Crippen MR) is 133 cm³/mol. The molecule has 0 aliphatic carbocycles. The summed E-state index contributed by atoms with van der Waals surface area (Å²) in [5.74, 6) is -0.992. The molecule has 0 radical (unpaired) electrons. The molecule has 2 aromatic rings. The van der Waals surface area contributed by atoms with Crippen LogP contribution in [-0.4, -0.2) is 55.6 Å². The van der Waals surface area contributed by atoms with Gasteiger partial charge in [0.2, 0.25) is 17.7 Å². The minimum absolute atomic E-state index is 0.193. The molecule has 0 saturated carbocycles. The van der Waals surface area contributed by atoms with Gasteiger partial charge in [0.05, 0.1) is 0 Å². The third-order valence-corrected chi connectivity index (χ3v) is 6.81. The maximum absolute atomic E-state index is 13.5. The molecule has 33 heavy (non-hydrogen) atoms. The summed E-state index contributed by atoms with van der Waals surface area (Å²) in [6, 6.07) is 8.01. The zero-order valence-electron chi connectivity index (χ0n) is 19.4. The molecule has 178 valence electrons. The van der Waals surface area contributed by atoms with E-state index in [2.05, 4.69) is 32.8 Å². The van der Waals surface area contributed by atoms with Gasteiger partial charge in [0.1, 0.15) is 22.8 Å². The van der Waals surface area contributed by atoms with Crippen molar-refractivity contribution >= 4 is 46.9 Å². The Morgan fingerprint density at radius 1 is 1.27 bits per heavy atom. The van der Waals surface area contributed by atoms with Crippen LogP contribution >= 0.6 is 24.2 Å². The fourth-order valence-electron chi connectivity index (χ4n) is 3.73. The van der Waals surface area contributed by atoms with Gasteiger partial charge in [-0.3, -0.25) is 14.4 Å². The lowest BCUT2D eigenvalue weighted by atomic mass is 9.99. The lowest BCUT2D eigenvalue weighted by Crippen LogP contribution is -2.59. The average molecular weight is 490 g/mol. The molecule has 1 aromatic heterocycles. The number of aromatic nitrogens is 2. The number of nitrogens with one attached hydrogen (secondary N) is 2. The Balaban J connectivity index is 1.77. The van der Waals surface area contributed by atoms with Gasteiger partial charge in [-0.1, -0.05) is 48.7 Å². The van der Waals surface area contributed by atoms with Crippen molar-refractivity contribution in [3.8, 4) is 11.3 Å². The first kappa shape index (κ1) is 25.2. The third kappa shape index (κ3) is 5.92. The van der Waals surface area contributed by atoms with Crippen LogP contribution < -0.4 is 10.6 Å². The maximum Gasteiger partial charge on any atom is 0.247 e. The molecule has 0 bridgehead atoms. The van der Waals surface area contributed by atoms with Crippen LogP contribution in [0.1, 0.15) is 47.0 Å². The number of carbonyl (C=O) groups is 3. The number of amides is 3. The lowest BCUT2D eigenvalue weighted by molar-refractivity contribution is -0.141. The molecule has 0 spiro atoms. The van der Waals surface area contributed by atoms with Crippen LogP contribution in [0.5, 0.6) is 0 Å². The zero-order valence-corrected chi connectivity index (χ0v) is 21.1. The van der Waals surface area contributed by atoms with Crippen LogP contribution in [0.2, 0.25) is 0 Å². The standard InChI is InChI=1S/C23H31N5O3S2/c1-5-14(2)19(29)24-18(23(3,4)32)22(31)28-13-9-12-16(28)20(30)25-21-17(26-27-33-21)15-10-7-6-8-11-15/h6-8,10-11,14,16,18,32H,5,9,12-13H2,1-4H3,(H,24,29)(H,25,30)/t14-,16+,18-/m1/s1. The molecular formula is C23H31N5O3S2. The van der Waals surface area contributed by atoms with Gasteiger partial charge in [0.25, 0.3) is 0 Å². The van der Waals surface area contributed by atoms with Crippen LogP contribution in [-0.2, 0) is 14.4 Å². The van der Waals surface area contributed by atoms with Crippen molar-refractivity contribution in [2.24, 2.45) is 5.92 Å². The zero-order chi connectivity index (χ0) is 24.2. The van der Waals surface area contributed by atoms with E-state index in [9.17, 15) is 14.4 Å². The number of likely N-dealkylation sites (tertiary alicyclic amines) is 1. The van der Waals surface area contributed by atoms with Crippen molar-refractivity contribution in [1.82, 2.24) is 19.8 Å². The van der Waals surface area contributed by atoms with Crippen LogP contribution in [0, 0.1) is 5.92 Å². The van der Waals surface area contributed by atoms with Crippen molar-refractivity contribution in [3.63, 3.8) is 0 Å². The molecule has 2 N–H and O–H groups in total. The first-order valence-electron chi connectivity index (χ1n) is 11.1. The maximum atomic E-state index is 13.5. The molecule has 1 aromatic carbocycles. The number of hydrogen-bond donors (Lipinski definition) is 3. The van der Waals surface area contributed by atoms with E-state index < -0.39 is 16.8 Å². The van der Waals surface area contributed by atoms with Crippen molar-refractivity contribution < 1.29 is 14.4 Å².